The Morgan fingerprint density at radius 1 is 0.865 bits per heavy atom. The minimum atomic E-state index is -1.42. The van der Waals surface area contributed by atoms with Crippen molar-refractivity contribution in [1.29, 1.82) is 0 Å². The van der Waals surface area contributed by atoms with Crippen LogP contribution in [0.15, 0.2) is 138 Å². The van der Waals surface area contributed by atoms with E-state index < -0.39 is 11.9 Å². The van der Waals surface area contributed by atoms with E-state index in [0.29, 0.717) is 35.9 Å². The van der Waals surface area contributed by atoms with Crippen molar-refractivity contribution in [1.82, 2.24) is 19.4 Å². The van der Waals surface area contributed by atoms with E-state index in [1.54, 1.807) is 54.9 Å². The van der Waals surface area contributed by atoms with Gasteiger partial charge in [-0.05, 0) is 84.3 Å². The first-order valence-electron chi connectivity index (χ1n) is 17.3. The molecule has 2 aromatic heterocycles. The molecule has 0 aliphatic carbocycles. The third kappa shape index (κ3) is 7.57. The molecule has 1 saturated heterocycles. The van der Waals surface area contributed by atoms with Crippen LogP contribution in [0.25, 0.3) is 16.6 Å². The standard InChI is InChI=1S/C42H38N6O4/c1-28-44-37-26-43-21-18-38(37)48(28)27-29-19-22-47(23-20-29)40(50)25-35(30-8-4-2-5-9-30)31-12-14-33(15-13-31)45-46-34-16-17-39(49)36(24-34)42(52)41(51)32-10-6-3-7-11-32/h2-18,21,24-26,29,41,49,51H,19-20,22-23,27H2,1H3. The van der Waals surface area contributed by atoms with Crippen LogP contribution in [-0.2, 0) is 11.3 Å². The summed E-state index contributed by atoms with van der Waals surface area (Å²) in [6.45, 7) is 4.26. The van der Waals surface area contributed by atoms with Crippen molar-refractivity contribution in [2.24, 2.45) is 16.1 Å². The second-order valence-electron chi connectivity index (χ2n) is 13.0. The molecule has 10 heteroatoms. The fraction of sp³-hybridized carbons (Fsp3) is 0.190. The molecule has 0 radical (unpaired) electrons. The number of carbonyl (C=O) groups excluding carboxylic acids is 2. The summed E-state index contributed by atoms with van der Waals surface area (Å²) in [5.41, 5.74) is 5.88. The number of aliphatic hydroxyl groups excluding tert-OH is 1. The predicted octanol–water partition coefficient (Wildman–Crippen LogP) is 8.15. The first-order valence-corrected chi connectivity index (χ1v) is 17.3. The van der Waals surface area contributed by atoms with Crippen LogP contribution in [0.2, 0.25) is 0 Å². The van der Waals surface area contributed by atoms with Gasteiger partial charge < -0.3 is 19.7 Å². The number of Topliss-reactive ketones (excluding diaryl/α,β-unsaturated/α-hetero) is 1. The van der Waals surface area contributed by atoms with Gasteiger partial charge in [0.15, 0.2) is 5.78 Å². The molecule has 260 valence electrons. The molecule has 52 heavy (non-hydrogen) atoms. The van der Waals surface area contributed by atoms with Gasteiger partial charge in [-0.25, -0.2) is 4.98 Å². The van der Waals surface area contributed by atoms with Gasteiger partial charge in [0.25, 0.3) is 0 Å². The average Bonchev–Trinajstić information content (AvgIpc) is 3.51. The minimum absolute atomic E-state index is 0.0218. The maximum atomic E-state index is 13.7. The number of benzene rings is 4. The zero-order chi connectivity index (χ0) is 36.0. The van der Waals surface area contributed by atoms with Crippen molar-refractivity contribution in [3.63, 3.8) is 0 Å². The van der Waals surface area contributed by atoms with E-state index in [1.165, 1.54) is 12.1 Å². The molecule has 4 aromatic carbocycles. The average molecular weight is 691 g/mol. The van der Waals surface area contributed by atoms with Crippen molar-refractivity contribution in [3.8, 4) is 5.75 Å². The molecule has 3 heterocycles. The molecule has 1 amide bonds. The number of rotatable bonds is 10. The number of hydrogen-bond donors (Lipinski definition) is 2. The molecular weight excluding hydrogens is 652 g/mol. The SMILES string of the molecule is Cc1nc2cnccc2n1CC1CCN(C(=O)C=C(c2ccccc2)c2ccc(N=Nc3ccc(O)c(C(=O)C(O)c4ccccc4)c3)cc2)CC1. The number of phenolic OH excluding ortho intramolecular Hbond substituents is 1. The molecule has 0 saturated carbocycles. The summed E-state index contributed by atoms with van der Waals surface area (Å²) in [5.74, 6) is 0.512. The fourth-order valence-electron chi connectivity index (χ4n) is 6.63. The lowest BCUT2D eigenvalue weighted by atomic mass is 9.95. The first kappa shape index (κ1) is 34.2. The van der Waals surface area contributed by atoms with Gasteiger partial charge in [-0.2, -0.15) is 10.2 Å². The lowest BCUT2D eigenvalue weighted by Gasteiger charge is -2.32. The van der Waals surface area contributed by atoms with E-state index in [0.717, 1.165) is 52.9 Å². The number of nitrogens with zero attached hydrogens (tertiary/aromatic N) is 6. The van der Waals surface area contributed by atoms with Crippen molar-refractivity contribution < 1.29 is 19.8 Å². The van der Waals surface area contributed by atoms with Crippen LogP contribution in [0.4, 0.5) is 11.4 Å². The zero-order valence-electron chi connectivity index (χ0n) is 28.7. The van der Waals surface area contributed by atoms with Crippen molar-refractivity contribution in [3.05, 3.63) is 156 Å². The number of piperidine rings is 1. The molecule has 0 bridgehead atoms. The molecule has 1 unspecified atom stereocenters. The Morgan fingerprint density at radius 2 is 1.52 bits per heavy atom. The number of imidazole rings is 1. The van der Waals surface area contributed by atoms with E-state index in [2.05, 4.69) is 24.8 Å². The number of ketones is 1. The number of aromatic nitrogens is 3. The van der Waals surface area contributed by atoms with Gasteiger partial charge in [-0.3, -0.25) is 14.6 Å². The summed E-state index contributed by atoms with van der Waals surface area (Å²) in [7, 11) is 0. The molecule has 0 spiro atoms. The smallest absolute Gasteiger partial charge is 0.247 e. The van der Waals surface area contributed by atoms with Crippen molar-refractivity contribution in [2.75, 3.05) is 13.1 Å². The second-order valence-corrected chi connectivity index (χ2v) is 13.0. The number of aliphatic hydroxyl groups is 1. The maximum Gasteiger partial charge on any atom is 0.247 e. The lowest BCUT2D eigenvalue weighted by Crippen LogP contribution is -2.38. The van der Waals surface area contributed by atoms with Crippen LogP contribution >= 0.6 is 0 Å². The Labute approximate surface area is 301 Å². The molecule has 2 N–H and O–H groups in total. The summed E-state index contributed by atoms with van der Waals surface area (Å²) >= 11 is 0. The fourth-order valence-corrected chi connectivity index (χ4v) is 6.63. The molecule has 10 nitrogen and oxygen atoms in total. The molecule has 1 aliphatic rings. The van der Waals surface area contributed by atoms with Crippen LogP contribution in [0.3, 0.4) is 0 Å². The van der Waals surface area contributed by atoms with E-state index in [1.807, 2.05) is 72.5 Å². The number of amides is 1. The van der Waals surface area contributed by atoms with Crippen LogP contribution in [0.5, 0.6) is 5.75 Å². The summed E-state index contributed by atoms with van der Waals surface area (Å²) in [6.07, 6.45) is 5.73. The largest absolute Gasteiger partial charge is 0.507 e. The highest BCUT2D eigenvalue weighted by Gasteiger charge is 2.25. The number of phenols is 1. The van der Waals surface area contributed by atoms with E-state index in [4.69, 9.17) is 0 Å². The summed E-state index contributed by atoms with van der Waals surface area (Å²) in [6, 6.07) is 32.1. The van der Waals surface area contributed by atoms with Gasteiger partial charge in [0.2, 0.25) is 5.91 Å². The molecule has 1 atom stereocenters. The molecule has 1 aliphatic heterocycles. The Bertz CT molecular complexity index is 2260. The van der Waals surface area contributed by atoms with Crippen LogP contribution in [0, 0.1) is 12.8 Å². The van der Waals surface area contributed by atoms with Crippen LogP contribution in [0.1, 0.15) is 51.8 Å². The molecular formula is C42H38N6O4. The Kier molecular flexibility index (Phi) is 10.1. The molecule has 1 fully saturated rings. The number of aromatic hydroxyl groups is 1. The van der Waals surface area contributed by atoms with Gasteiger partial charge in [0.1, 0.15) is 23.2 Å². The monoisotopic (exact) mass is 690 g/mol. The highest BCUT2D eigenvalue weighted by atomic mass is 16.3. The normalized spacial score (nSPS) is 14.6. The van der Waals surface area contributed by atoms with Gasteiger partial charge in [-0.1, -0.05) is 72.8 Å². The topological polar surface area (TPSA) is 133 Å². The first-order chi connectivity index (χ1) is 25.3. The second kappa shape index (κ2) is 15.3. The van der Waals surface area contributed by atoms with E-state index in [-0.39, 0.29) is 17.2 Å². The molecule has 6 aromatic rings. The quantitative estimate of drug-likeness (QED) is 0.0847. The van der Waals surface area contributed by atoms with Crippen molar-refractivity contribution >= 4 is 39.7 Å². The van der Waals surface area contributed by atoms with E-state index >= 15 is 0 Å². The number of carbonyl (C=O) groups is 2. The van der Waals surface area contributed by atoms with Gasteiger partial charge in [-0.15, -0.1) is 0 Å². The third-order valence-corrected chi connectivity index (χ3v) is 9.53. The number of aryl methyl sites for hydroxylation is 1. The van der Waals surface area contributed by atoms with E-state index in [9.17, 15) is 19.8 Å². The maximum absolute atomic E-state index is 13.7. The minimum Gasteiger partial charge on any atom is -0.507 e. The highest BCUT2D eigenvalue weighted by molar-refractivity contribution is 6.02. The van der Waals surface area contributed by atoms with Gasteiger partial charge in [0.05, 0.1) is 28.7 Å². The number of hydrogen-bond acceptors (Lipinski definition) is 8. The van der Waals surface area contributed by atoms with Crippen LogP contribution in [-0.4, -0.2) is 54.4 Å². The summed E-state index contributed by atoms with van der Waals surface area (Å²) in [5, 5.41) is 29.6. The number of likely N-dealkylation sites (tertiary alicyclic amines) is 1. The van der Waals surface area contributed by atoms with Gasteiger partial charge in [0, 0.05) is 31.9 Å². The van der Waals surface area contributed by atoms with Crippen molar-refractivity contribution in [2.45, 2.75) is 32.4 Å². The van der Waals surface area contributed by atoms with Crippen LogP contribution < -0.4 is 0 Å². The predicted molar refractivity (Wildman–Crippen MR) is 200 cm³/mol. The third-order valence-electron chi connectivity index (χ3n) is 9.53. The Morgan fingerprint density at radius 3 is 2.25 bits per heavy atom. The Balaban J connectivity index is 1.04. The van der Waals surface area contributed by atoms with Gasteiger partial charge >= 0.3 is 0 Å². The number of fused-ring (bicyclic) bond motifs is 1. The Hall–Kier alpha value is -6.26. The highest BCUT2D eigenvalue weighted by Crippen LogP contribution is 2.31. The molecule has 7 rings (SSSR count). The number of azo groups is 1. The number of pyridine rings is 1. The zero-order valence-corrected chi connectivity index (χ0v) is 28.7. The lowest BCUT2D eigenvalue weighted by molar-refractivity contribution is -0.127. The summed E-state index contributed by atoms with van der Waals surface area (Å²) in [4.78, 5) is 37.5. The summed E-state index contributed by atoms with van der Waals surface area (Å²) < 4.78 is 2.26.